The van der Waals surface area contributed by atoms with E-state index in [0.717, 1.165) is 11.0 Å². The number of likely N-dealkylation sites (N-methyl/N-ethyl adjacent to an activating group) is 1. The first-order valence-electron chi connectivity index (χ1n) is 15.4. The number of hydrogen-bond donors (Lipinski definition) is 0. The Labute approximate surface area is 262 Å². The van der Waals surface area contributed by atoms with E-state index >= 15 is 0 Å². The lowest BCUT2D eigenvalue weighted by Crippen LogP contribution is -2.55. The number of nitriles is 1. The number of alkyl halides is 1. The van der Waals surface area contributed by atoms with E-state index in [4.69, 9.17) is 28.8 Å². The number of piperazine rings is 1. The standard InChI is InChI=1S/C31H39BF2N6O5/c1-18(33)28(41)40-11-10-39(16-20(40)7-9-35)27-25-24(36-29(37-27)43-17-21-13-19(34)15-38(21)6)14-23(22-8-12-42-26(22)25)32-44-30(2,3)31(4,5)45-32/h14,19-21H,1,7-8,10-13,15-17H2,2-6H3/t19-,20?,21+/m1/s1. The summed E-state index contributed by atoms with van der Waals surface area (Å²) in [6.45, 7) is 12.9. The number of carbonyl (C=O) groups is 1. The van der Waals surface area contributed by atoms with Crippen LogP contribution in [0.1, 0.15) is 46.1 Å². The van der Waals surface area contributed by atoms with Crippen molar-refractivity contribution in [3.8, 4) is 17.8 Å². The molecule has 0 saturated carbocycles. The van der Waals surface area contributed by atoms with Gasteiger partial charge in [-0.25, -0.2) is 8.78 Å². The number of likely N-dealkylation sites (tertiary alicyclic amines) is 1. The molecule has 4 aliphatic rings. The molecule has 0 spiro atoms. The van der Waals surface area contributed by atoms with Gasteiger partial charge in [-0.1, -0.05) is 6.58 Å². The molecule has 0 aliphatic carbocycles. The minimum atomic E-state index is -1.07. The van der Waals surface area contributed by atoms with Crippen molar-refractivity contribution in [1.82, 2.24) is 19.8 Å². The summed E-state index contributed by atoms with van der Waals surface area (Å²) < 4.78 is 53.2. The fourth-order valence-corrected chi connectivity index (χ4v) is 6.56. The highest BCUT2D eigenvalue weighted by molar-refractivity contribution is 6.63. The molecule has 3 fully saturated rings. The van der Waals surface area contributed by atoms with Gasteiger partial charge in [-0.3, -0.25) is 9.69 Å². The number of carbonyl (C=O) groups excluding carboxylic acids is 1. The van der Waals surface area contributed by atoms with Crippen molar-refractivity contribution in [3.63, 3.8) is 0 Å². The van der Waals surface area contributed by atoms with Crippen LogP contribution >= 0.6 is 0 Å². The highest BCUT2D eigenvalue weighted by Crippen LogP contribution is 2.42. The van der Waals surface area contributed by atoms with Crippen LogP contribution in [0.25, 0.3) is 10.9 Å². The van der Waals surface area contributed by atoms with Gasteiger partial charge in [-0.05, 0) is 58.3 Å². The van der Waals surface area contributed by atoms with Crippen LogP contribution in [0.2, 0.25) is 0 Å². The third-order valence-corrected chi connectivity index (χ3v) is 9.79. The first kappa shape index (κ1) is 31.4. The maximum Gasteiger partial charge on any atom is 0.495 e. The summed E-state index contributed by atoms with van der Waals surface area (Å²) >= 11 is 0. The van der Waals surface area contributed by atoms with Gasteiger partial charge < -0.3 is 28.6 Å². The van der Waals surface area contributed by atoms with E-state index in [0.29, 0.717) is 55.0 Å². The summed E-state index contributed by atoms with van der Waals surface area (Å²) in [6.07, 6.45) is 0.0749. The number of fused-ring (bicyclic) bond motifs is 3. The van der Waals surface area contributed by atoms with Crippen molar-refractivity contribution < 1.29 is 32.4 Å². The molecule has 11 nitrogen and oxygen atoms in total. The molecule has 1 aromatic heterocycles. The van der Waals surface area contributed by atoms with E-state index in [1.54, 1.807) is 0 Å². The fourth-order valence-electron chi connectivity index (χ4n) is 6.56. The van der Waals surface area contributed by atoms with Gasteiger partial charge in [0.25, 0.3) is 5.91 Å². The van der Waals surface area contributed by atoms with Crippen molar-refractivity contribution >= 4 is 35.2 Å². The van der Waals surface area contributed by atoms with E-state index in [2.05, 4.69) is 12.6 Å². The fraction of sp³-hybridized carbons (Fsp3) is 0.613. The van der Waals surface area contributed by atoms with Gasteiger partial charge >= 0.3 is 13.1 Å². The van der Waals surface area contributed by atoms with Crippen LogP contribution in [0.15, 0.2) is 18.5 Å². The molecule has 2 aromatic rings. The molecule has 1 unspecified atom stereocenters. The van der Waals surface area contributed by atoms with Crippen molar-refractivity contribution in [2.24, 2.45) is 0 Å². The van der Waals surface area contributed by atoms with Gasteiger partial charge in [-0.2, -0.15) is 15.2 Å². The molecule has 0 radical (unpaired) electrons. The zero-order valence-electron chi connectivity index (χ0n) is 26.4. The first-order chi connectivity index (χ1) is 21.3. The van der Waals surface area contributed by atoms with Crippen LogP contribution in [0.5, 0.6) is 11.8 Å². The number of aromatic nitrogens is 2. The third-order valence-electron chi connectivity index (χ3n) is 9.79. The number of hydrogen-bond acceptors (Lipinski definition) is 10. The Balaban J connectivity index is 1.43. The summed E-state index contributed by atoms with van der Waals surface area (Å²) in [4.78, 5) is 27.4. The average Bonchev–Trinajstić information content (AvgIpc) is 3.65. The second kappa shape index (κ2) is 11.7. The molecule has 5 heterocycles. The Morgan fingerprint density at radius 3 is 2.58 bits per heavy atom. The Morgan fingerprint density at radius 2 is 1.93 bits per heavy atom. The first-order valence-corrected chi connectivity index (χ1v) is 15.4. The van der Waals surface area contributed by atoms with Gasteiger partial charge in [0.05, 0.1) is 47.2 Å². The van der Waals surface area contributed by atoms with E-state index in [1.165, 1.54) is 4.90 Å². The van der Waals surface area contributed by atoms with E-state index in [9.17, 15) is 18.8 Å². The molecule has 3 atom stereocenters. The van der Waals surface area contributed by atoms with Crippen LogP contribution < -0.4 is 19.8 Å². The molecule has 3 saturated heterocycles. The highest BCUT2D eigenvalue weighted by Gasteiger charge is 2.53. The van der Waals surface area contributed by atoms with Crippen LogP contribution in [0, 0.1) is 11.3 Å². The van der Waals surface area contributed by atoms with Crippen LogP contribution in [-0.4, -0.2) is 109 Å². The monoisotopic (exact) mass is 624 g/mol. The summed E-state index contributed by atoms with van der Waals surface area (Å²) in [5.74, 6) is -0.745. The van der Waals surface area contributed by atoms with Gasteiger partial charge in [0.2, 0.25) is 0 Å². The zero-order valence-corrected chi connectivity index (χ0v) is 26.4. The second-order valence-corrected chi connectivity index (χ2v) is 13.3. The molecule has 45 heavy (non-hydrogen) atoms. The number of halogens is 2. The Morgan fingerprint density at radius 1 is 1.20 bits per heavy atom. The Hall–Kier alpha value is -3.54. The summed E-state index contributed by atoms with van der Waals surface area (Å²) in [5.41, 5.74) is 1.21. The van der Waals surface area contributed by atoms with E-state index < -0.39 is 42.3 Å². The summed E-state index contributed by atoms with van der Waals surface area (Å²) in [5, 5.41) is 10.2. The number of nitrogens with zero attached hydrogens (tertiary/aromatic N) is 6. The van der Waals surface area contributed by atoms with Gasteiger partial charge in [-0.15, -0.1) is 0 Å². The highest BCUT2D eigenvalue weighted by atomic mass is 19.1. The smallest absolute Gasteiger partial charge is 0.492 e. The molecule has 0 N–H and O–H groups in total. The summed E-state index contributed by atoms with van der Waals surface area (Å²) in [6, 6.07) is 3.44. The lowest BCUT2D eigenvalue weighted by Gasteiger charge is -2.41. The second-order valence-electron chi connectivity index (χ2n) is 13.3. The number of ether oxygens (including phenoxy) is 2. The van der Waals surface area contributed by atoms with Crippen molar-refractivity contribution in [1.29, 1.82) is 5.26 Å². The number of rotatable bonds is 7. The topological polar surface area (TPSA) is 113 Å². The maximum atomic E-state index is 14.1. The predicted octanol–water partition coefficient (Wildman–Crippen LogP) is 2.70. The molecule has 0 bridgehead atoms. The average molecular weight is 624 g/mol. The summed E-state index contributed by atoms with van der Waals surface area (Å²) in [7, 11) is 1.22. The molecule has 240 valence electrons. The Kier molecular flexibility index (Phi) is 8.16. The molecule has 1 amide bonds. The quantitative estimate of drug-likeness (QED) is 0.337. The number of amides is 1. The van der Waals surface area contributed by atoms with Crippen LogP contribution in [0.4, 0.5) is 14.6 Å². The number of anilines is 1. The molecule has 1 aromatic carbocycles. The normalized spacial score (nSPS) is 25.7. The van der Waals surface area contributed by atoms with E-state index in [1.807, 2.05) is 50.6 Å². The minimum absolute atomic E-state index is 0.000982. The molecule has 6 rings (SSSR count). The lowest BCUT2D eigenvalue weighted by molar-refractivity contribution is -0.131. The van der Waals surface area contributed by atoms with Crippen molar-refractivity contribution in [3.05, 3.63) is 24.0 Å². The maximum absolute atomic E-state index is 14.1. The van der Waals surface area contributed by atoms with Gasteiger partial charge in [0.1, 0.15) is 24.3 Å². The van der Waals surface area contributed by atoms with Gasteiger partial charge in [0, 0.05) is 38.6 Å². The molecular weight excluding hydrogens is 585 g/mol. The van der Waals surface area contributed by atoms with Crippen LogP contribution in [0.3, 0.4) is 0 Å². The third kappa shape index (κ3) is 5.70. The van der Waals surface area contributed by atoms with Crippen molar-refractivity contribution in [2.45, 2.75) is 76.4 Å². The lowest BCUT2D eigenvalue weighted by atomic mass is 9.74. The van der Waals surface area contributed by atoms with Gasteiger partial charge in [0.15, 0.2) is 5.83 Å². The van der Waals surface area contributed by atoms with Crippen molar-refractivity contribution in [2.75, 3.05) is 51.3 Å². The largest absolute Gasteiger partial charge is 0.495 e. The predicted molar refractivity (Wildman–Crippen MR) is 164 cm³/mol. The zero-order chi connectivity index (χ0) is 32.3. The Bertz CT molecular complexity index is 1550. The van der Waals surface area contributed by atoms with E-state index in [-0.39, 0.29) is 38.2 Å². The SMILES string of the molecule is C=C(F)C(=O)N1CCN(c2nc(OC[C@@H]3C[C@@H](F)CN3C)nc3cc(B4OC(C)(C)C(C)(C)O4)c4c(c23)OCC4)CC1CC#N. The molecular formula is C31H39BF2N6O5. The molecule has 14 heteroatoms. The molecule has 4 aliphatic heterocycles. The number of benzene rings is 1. The van der Waals surface area contributed by atoms with Crippen LogP contribution in [-0.2, 0) is 20.5 Å². The minimum Gasteiger partial charge on any atom is -0.492 e.